The summed E-state index contributed by atoms with van der Waals surface area (Å²) >= 11 is 1.27. The first kappa shape index (κ1) is 16.5. The first-order valence-electron chi connectivity index (χ1n) is 6.97. The van der Waals surface area contributed by atoms with E-state index in [4.69, 9.17) is 0 Å². The number of carbonyl (C=O) groups is 1. The zero-order valence-corrected chi connectivity index (χ0v) is 14.3. The minimum Gasteiger partial charge on any atom is -0.301 e. The lowest BCUT2D eigenvalue weighted by molar-refractivity contribution is -0.116. The molecule has 0 saturated carbocycles. The molecule has 0 radical (unpaired) electrons. The van der Waals surface area contributed by atoms with Crippen LogP contribution in [0.5, 0.6) is 0 Å². The van der Waals surface area contributed by atoms with Crippen LogP contribution in [0, 0.1) is 0 Å². The van der Waals surface area contributed by atoms with E-state index in [2.05, 4.69) is 15.3 Å². The molecule has 0 bridgehead atoms. The fourth-order valence-corrected chi connectivity index (χ4v) is 4.10. The molecule has 0 atom stereocenters. The Labute approximate surface area is 143 Å². The number of nitrogens with one attached hydrogen (secondary N) is 1. The van der Waals surface area contributed by atoms with Gasteiger partial charge in [-0.15, -0.1) is 11.3 Å². The Bertz CT molecular complexity index is 966. The number of likely N-dealkylation sites (N-methyl/N-ethyl adjacent to an activating group) is 1. The van der Waals surface area contributed by atoms with E-state index in [9.17, 15) is 13.2 Å². The summed E-state index contributed by atoms with van der Waals surface area (Å²) in [6.07, 6.45) is 4.70. The van der Waals surface area contributed by atoms with E-state index in [0.717, 1.165) is 9.69 Å². The van der Waals surface area contributed by atoms with Crippen molar-refractivity contribution in [3.05, 3.63) is 48.2 Å². The van der Waals surface area contributed by atoms with Gasteiger partial charge in [0.25, 0.3) is 0 Å². The second-order valence-electron chi connectivity index (χ2n) is 5.00. The molecule has 3 rings (SSSR count). The van der Waals surface area contributed by atoms with E-state index >= 15 is 0 Å². The molecule has 2 heterocycles. The second kappa shape index (κ2) is 6.63. The van der Waals surface area contributed by atoms with Crippen molar-refractivity contribution in [2.45, 2.75) is 4.90 Å². The van der Waals surface area contributed by atoms with Gasteiger partial charge in [0.05, 0.1) is 11.4 Å². The molecule has 0 spiro atoms. The molecule has 124 valence electrons. The molecule has 1 N–H and O–H groups in total. The Kier molecular flexibility index (Phi) is 4.56. The number of aromatic nitrogens is 2. The van der Waals surface area contributed by atoms with Crippen LogP contribution in [0.2, 0.25) is 0 Å². The van der Waals surface area contributed by atoms with Crippen molar-refractivity contribution in [2.75, 3.05) is 18.9 Å². The quantitative estimate of drug-likeness (QED) is 0.749. The lowest BCUT2D eigenvalue weighted by Crippen LogP contribution is -2.35. The summed E-state index contributed by atoms with van der Waals surface area (Å²) in [5.41, 5.74) is 0. The number of carbonyl (C=O) groups excluding carboxylic acids is 1. The number of amides is 1. The van der Waals surface area contributed by atoms with Gasteiger partial charge in [0, 0.05) is 41.8 Å². The van der Waals surface area contributed by atoms with Gasteiger partial charge in [0.1, 0.15) is 0 Å². The molecule has 3 aromatic rings. The van der Waals surface area contributed by atoms with Crippen LogP contribution < -0.4 is 5.32 Å². The maximum Gasteiger partial charge on any atom is 0.243 e. The second-order valence-corrected chi connectivity index (χ2v) is 7.91. The van der Waals surface area contributed by atoms with Gasteiger partial charge < -0.3 is 5.32 Å². The fourth-order valence-electron chi connectivity index (χ4n) is 2.22. The Hall–Kier alpha value is -2.36. The molecule has 9 heteroatoms. The minimum absolute atomic E-state index is 0.145. The number of fused-ring (bicyclic) bond motifs is 1. The van der Waals surface area contributed by atoms with Crippen LogP contribution in [-0.4, -0.2) is 42.2 Å². The van der Waals surface area contributed by atoms with Crippen LogP contribution in [0.15, 0.2) is 53.1 Å². The Morgan fingerprint density at radius 3 is 2.88 bits per heavy atom. The van der Waals surface area contributed by atoms with E-state index in [1.807, 2.05) is 0 Å². The number of rotatable bonds is 5. The van der Waals surface area contributed by atoms with E-state index in [0.29, 0.717) is 10.5 Å². The van der Waals surface area contributed by atoms with Gasteiger partial charge in [-0.1, -0.05) is 12.1 Å². The highest BCUT2D eigenvalue weighted by Crippen LogP contribution is 2.24. The first-order chi connectivity index (χ1) is 11.5. The maximum atomic E-state index is 12.8. The summed E-state index contributed by atoms with van der Waals surface area (Å²) in [5.74, 6) is -0.446. The predicted octanol–water partition coefficient (Wildman–Crippen LogP) is 1.95. The number of pyridine rings is 1. The van der Waals surface area contributed by atoms with E-state index in [1.165, 1.54) is 30.6 Å². The van der Waals surface area contributed by atoms with Crippen LogP contribution in [-0.2, 0) is 14.8 Å². The SMILES string of the molecule is CN(CC(=O)Nc1nccs1)S(=O)(=O)c1cccc2cnccc12. The molecular weight excluding hydrogens is 348 g/mol. The van der Waals surface area contributed by atoms with Crippen molar-refractivity contribution in [1.82, 2.24) is 14.3 Å². The number of thiazole rings is 1. The normalized spacial score (nSPS) is 11.8. The third kappa shape index (κ3) is 3.28. The summed E-state index contributed by atoms with van der Waals surface area (Å²) in [6.45, 7) is -0.302. The first-order valence-corrected chi connectivity index (χ1v) is 9.29. The fraction of sp³-hybridized carbons (Fsp3) is 0.133. The van der Waals surface area contributed by atoms with Crippen LogP contribution in [0.4, 0.5) is 5.13 Å². The lowest BCUT2D eigenvalue weighted by Gasteiger charge is -2.17. The number of sulfonamides is 1. The van der Waals surface area contributed by atoms with Gasteiger partial charge in [-0.2, -0.15) is 4.31 Å². The zero-order chi connectivity index (χ0) is 17.2. The Balaban J connectivity index is 1.85. The van der Waals surface area contributed by atoms with E-state index in [-0.39, 0.29) is 11.4 Å². The summed E-state index contributed by atoms with van der Waals surface area (Å²) in [7, 11) is -2.44. The third-order valence-electron chi connectivity index (χ3n) is 3.37. The van der Waals surface area contributed by atoms with Crippen LogP contribution in [0.25, 0.3) is 10.8 Å². The molecule has 2 aromatic heterocycles. The monoisotopic (exact) mass is 362 g/mol. The number of benzene rings is 1. The molecular formula is C15H14N4O3S2. The van der Waals surface area contributed by atoms with Crippen molar-refractivity contribution < 1.29 is 13.2 Å². The average Bonchev–Trinajstić information content (AvgIpc) is 3.07. The predicted molar refractivity (Wildman–Crippen MR) is 92.3 cm³/mol. The van der Waals surface area contributed by atoms with Gasteiger partial charge in [0.2, 0.25) is 15.9 Å². The van der Waals surface area contributed by atoms with Crippen molar-refractivity contribution >= 4 is 43.2 Å². The number of anilines is 1. The number of hydrogen-bond donors (Lipinski definition) is 1. The van der Waals surface area contributed by atoms with E-state index < -0.39 is 15.9 Å². The van der Waals surface area contributed by atoms with Crippen molar-refractivity contribution in [3.63, 3.8) is 0 Å². The third-order valence-corrected chi connectivity index (χ3v) is 5.92. The number of hydrogen-bond acceptors (Lipinski definition) is 6. The molecule has 0 fully saturated rings. The Morgan fingerprint density at radius 1 is 1.29 bits per heavy atom. The molecule has 1 amide bonds. The topological polar surface area (TPSA) is 92.3 Å². The molecule has 0 aliphatic rings. The number of nitrogens with zero attached hydrogens (tertiary/aromatic N) is 3. The van der Waals surface area contributed by atoms with Crippen molar-refractivity contribution in [3.8, 4) is 0 Å². The zero-order valence-electron chi connectivity index (χ0n) is 12.7. The highest BCUT2D eigenvalue weighted by Gasteiger charge is 2.25. The molecule has 0 aliphatic carbocycles. The van der Waals surface area contributed by atoms with Gasteiger partial charge in [-0.3, -0.25) is 9.78 Å². The molecule has 0 saturated heterocycles. The van der Waals surface area contributed by atoms with Crippen molar-refractivity contribution in [1.29, 1.82) is 0 Å². The highest BCUT2D eigenvalue weighted by molar-refractivity contribution is 7.89. The van der Waals surface area contributed by atoms with Crippen LogP contribution in [0.3, 0.4) is 0 Å². The highest BCUT2D eigenvalue weighted by atomic mass is 32.2. The maximum absolute atomic E-state index is 12.8. The lowest BCUT2D eigenvalue weighted by atomic mass is 10.2. The smallest absolute Gasteiger partial charge is 0.243 e. The van der Waals surface area contributed by atoms with Crippen molar-refractivity contribution in [2.24, 2.45) is 0 Å². The Morgan fingerprint density at radius 2 is 2.12 bits per heavy atom. The van der Waals surface area contributed by atoms with Gasteiger partial charge in [-0.25, -0.2) is 13.4 Å². The van der Waals surface area contributed by atoms with Gasteiger partial charge in [0.15, 0.2) is 5.13 Å². The summed E-state index contributed by atoms with van der Waals surface area (Å²) in [5, 5.41) is 6.01. The molecule has 24 heavy (non-hydrogen) atoms. The van der Waals surface area contributed by atoms with E-state index in [1.54, 1.807) is 36.0 Å². The van der Waals surface area contributed by atoms with Gasteiger partial charge >= 0.3 is 0 Å². The average molecular weight is 362 g/mol. The molecule has 0 aliphatic heterocycles. The summed E-state index contributed by atoms with van der Waals surface area (Å²) < 4.78 is 26.6. The largest absolute Gasteiger partial charge is 0.301 e. The standard InChI is InChI=1S/C15H14N4O3S2/c1-19(10-14(20)18-15-17-7-8-23-15)24(21,22)13-4-2-3-11-9-16-6-5-12(11)13/h2-9H,10H2,1H3,(H,17,18,20). The van der Waals surface area contributed by atoms with Crippen LogP contribution >= 0.6 is 11.3 Å². The minimum atomic E-state index is -3.81. The molecule has 7 nitrogen and oxygen atoms in total. The molecule has 1 aromatic carbocycles. The molecule has 0 unspecified atom stereocenters. The summed E-state index contributed by atoms with van der Waals surface area (Å²) in [4.78, 5) is 20.1. The summed E-state index contributed by atoms with van der Waals surface area (Å²) in [6, 6.07) is 6.61. The van der Waals surface area contributed by atoms with Crippen LogP contribution in [0.1, 0.15) is 0 Å². The van der Waals surface area contributed by atoms with Gasteiger partial charge in [-0.05, 0) is 12.1 Å².